The maximum atomic E-state index is 12.6. The lowest BCUT2D eigenvalue weighted by Gasteiger charge is -2.36. The molecule has 1 fully saturated rings. The van der Waals surface area contributed by atoms with Crippen LogP contribution < -0.4 is 10.1 Å². The number of hydrogen-bond acceptors (Lipinski definition) is 5. The van der Waals surface area contributed by atoms with Crippen LogP contribution in [-0.2, 0) is 6.61 Å². The van der Waals surface area contributed by atoms with Crippen molar-refractivity contribution in [3.05, 3.63) is 59.7 Å². The molecule has 2 aromatic rings. The molecule has 3 rings (SSSR count). The molecule has 0 spiro atoms. The average Bonchev–Trinajstić information content (AvgIpc) is 2.72. The molecule has 0 radical (unpaired) electrons. The molecule has 0 aliphatic carbocycles. The molecule has 6 heteroatoms. The van der Waals surface area contributed by atoms with Crippen LogP contribution in [0.3, 0.4) is 0 Å². The van der Waals surface area contributed by atoms with E-state index in [1.165, 1.54) is 6.07 Å². The van der Waals surface area contributed by atoms with Crippen molar-refractivity contribution in [1.29, 1.82) is 0 Å². The zero-order valence-electron chi connectivity index (χ0n) is 16.6. The van der Waals surface area contributed by atoms with Gasteiger partial charge in [-0.25, -0.2) is 0 Å². The number of likely N-dealkylation sites (N-methyl/N-ethyl adjacent to an activating group) is 1. The van der Waals surface area contributed by atoms with Crippen molar-refractivity contribution in [2.45, 2.75) is 19.6 Å². The van der Waals surface area contributed by atoms with Gasteiger partial charge in [-0.2, -0.15) is 0 Å². The normalized spacial score (nSPS) is 16.5. The first-order chi connectivity index (χ1) is 13.5. The fourth-order valence-corrected chi connectivity index (χ4v) is 3.26. The fraction of sp³-hybridized carbons (Fsp3) is 0.409. The molecule has 6 nitrogen and oxygen atoms in total. The van der Waals surface area contributed by atoms with Crippen LogP contribution in [0, 0.1) is 0 Å². The Bertz CT molecular complexity index is 774. The largest absolute Gasteiger partial charge is 0.507 e. The molecule has 0 bridgehead atoms. The predicted molar refractivity (Wildman–Crippen MR) is 110 cm³/mol. The van der Waals surface area contributed by atoms with E-state index >= 15 is 0 Å². The van der Waals surface area contributed by atoms with Crippen LogP contribution in [0.25, 0.3) is 0 Å². The number of carbonyl (C=O) groups is 1. The number of phenolic OH excluding ortho intramolecular Hbond substituents is 1. The van der Waals surface area contributed by atoms with Gasteiger partial charge in [0, 0.05) is 38.8 Å². The van der Waals surface area contributed by atoms with E-state index in [0.29, 0.717) is 18.9 Å². The minimum Gasteiger partial charge on any atom is -0.507 e. The van der Waals surface area contributed by atoms with Crippen LogP contribution in [-0.4, -0.2) is 66.6 Å². The van der Waals surface area contributed by atoms with E-state index in [2.05, 4.69) is 29.1 Å². The van der Waals surface area contributed by atoms with E-state index in [4.69, 9.17) is 4.74 Å². The first-order valence-corrected chi connectivity index (χ1v) is 9.73. The number of phenols is 1. The number of carbonyl (C=O) groups excluding carboxylic acids is 1. The van der Waals surface area contributed by atoms with Gasteiger partial charge in [0.1, 0.15) is 18.1 Å². The van der Waals surface area contributed by atoms with Gasteiger partial charge in [0.25, 0.3) is 5.91 Å². The Labute approximate surface area is 166 Å². The van der Waals surface area contributed by atoms with Gasteiger partial charge in [-0.1, -0.05) is 30.3 Å². The van der Waals surface area contributed by atoms with Crippen LogP contribution in [0.5, 0.6) is 11.5 Å². The van der Waals surface area contributed by atoms with Crippen LogP contribution in [0.2, 0.25) is 0 Å². The maximum Gasteiger partial charge on any atom is 0.255 e. The summed E-state index contributed by atoms with van der Waals surface area (Å²) < 4.78 is 5.76. The van der Waals surface area contributed by atoms with Crippen molar-refractivity contribution in [1.82, 2.24) is 15.1 Å². The third kappa shape index (κ3) is 5.47. The van der Waals surface area contributed by atoms with E-state index in [0.717, 1.165) is 31.7 Å². The highest BCUT2D eigenvalue weighted by molar-refractivity contribution is 5.97. The molecular weight excluding hydrogens is 354 g/mol. The number of ether oxygens (including phenoxy) is 1. The molecule has 0 unspecified atom stereocenters. The summed E-state index contributed by atoms with van der Waals surface area (Å²) in [5.41, 5.74) is 1.28. The van der Waals surface area contributed by atoms with Crippen molar-refractivity contribution < 1.29 is 14.6 Å². The molecule has 1 amide bonds. The number of piperazine rings is 1. The topological polar surface area (TPSA) is 65.0 Å². The van der Waals surface area contributed by atoms with Gasteiger partial charge in [-0.15, -0.1) is 0 Å². The number of nitrogens with zero attached hydrogens (tertiary/aromatic N) is 2. The number of hydrogen-bond donors (Lipinski definition) is 2. The van der Waals surface area contributed by atoms with Crippen molar-refractivity contribution in [3.63, 3.8) is 0 Å². The number of amides is 1. The van der Waals surface area contributed by atoms with Gasteiger partial charge in [-0.05, 0) is 37.7 Å². The Hall–Kier alpha value is -2.57. The number of aromatic hydroxyl groups is 1. The Morgan fingerprint density at radius 1 is 1.14 bits per heavy atom. The molecule has 1 saturated heterocycles. The molecule has 28 heavy (non-hydrogen) atoms. The molecular formula is C22H29N3O3. The second kappa shape index (κ2) is 9.57. The second-order valence-corrected chi connectivity index (χ2v) is 7.35. The van der Waals surface area contributed by atoms with Gasteiger partial charge in [-0.3, -0.25) is 9.69 Å². The lowest BCUT2D eigenvalue weighted by molar-refractivity contribution is 0.0900. The molecule has 2 aromatic carbocycles. The lowest BCUT2D eigenvalue weighted by atomic mass is 10.1. The SMILES string of the molecule is C[C@H](CNC(=O)c1cc(OCc2ccccc2)ccc1O)N1CCN(C)CC1. The quantitative estimate of drug-likeness (QED) is 0.768. The molecule has 0 saturated carbocycles. The van der Waals surface area contributed by atoms with Gasteiger partial charge < -0.3 is 20.1 Å². The molecule has 1 heterocycles. The highest BCUT2D eigenvalue weighted by atomic mass is 16.5. The predicted octanol–water partition coefficient (Wildman–Crippen LogP) is 2.34. The summed E-state index contributed by atoms with van der Waals surface area (Å²) in [4.78, 5) is 17.3. The highest BCUT2D eigenvalue weighted by Gasteiger charge is 2.20. The maximum absolute atomic E-state index is 12.6. The zero-order valence-corrected chi connectivity index (χ0v) is 16.6. The summed E-state index contributed by atoms with van der Waals surface area (Å²) in [6.07, 6.45) is 0. The van der Waals surface area contributed by atoms with E-state index in [1.54, 1.807) is 12.1 Å². The summed E-state index contributed by atoms with van der Waals surface area (Å²) in [7, 11) is 2.12. The van der Waals surface area contributed by atoms with Gasteiger partial charge in [0.2, 0.25) is 0 Å². The minimum atomic E-state index is -0.288. The monoisotopic (exact) mass is 383 g/mol. The van der Waals surface area contributed by atoms with Crippen molar-refractivity contribution >= 4 is 5.91 Å². The third-order valence-corrected chi connectivity index (χ3v) is 5.18. The standard InChI is InChI=1S/C22H29N3O3/c1-17(25-12-10-24(2)11-13-25)15-23-22(27)20-14-19(8-9-21(20)26)28-16-18-6-4-3-5-7-18/h3-9,14,17,26H,10-13,15-16H2,1-2H3,(H,23,27)/t17-/m1/s1. The summed E-state index contributed by atoms with van der Waals surface area (Å²) in [5.74, 6) is 0.222. The van der Waals surface area contributed by atoms with Crippen LogP contribution in [0.15, 0.2) is 48.5 Å². The zero-order chi connectivity index (χ0) is 19.9. The van der Waals surface area contributed by atoms with Gasteiger partial charge in [0.05, 0.1) is 5.56 Å². The Morgan fingerprint density at radius 2 is 1.86 bits per heavy atom. The smallest absolute Gasteiger partial charge is 0.255 e. The summed E-state index contributed by atoms with van der Waals surface area (Å²) in [5, 5.41) is 13.0. The summed E-state index contributed by atoms with van der Waals surface area (Å²) >= 11 is 0. The lowest BCUT2D eigenvalue weighted by Crippen LogP contribution is -2.51. The van der Waals surface area contributed by atoms with Crippen LogP contribution in [0.4, 0.5) is 0 Å². The summed E-state index contributed by atoms with van der Waals surface area (Å²) in [6, 6.07) is 14.8. The highest BCUT2D eigenvalue weighted by Crippen LogP contribution is 2.23. The molecule has 2 N–H and O–H groups in total. The van der Waals surface area contributed by atoms with Gasteiger partial charge in [0.15, 0.2) is 0 Å². The molecule has 1 aliphatic rings. The molecule has 1 atom stereocenters. The Morgan fingerprint density at radius 3 is 2.57 bits per heavy atom. The Balaban J connectivity index is 1.55. The number of nitrogens with one attached hydrogen (secondary N) is 1. The second-order valence-electron chi connectivity index (χ2n) is 7.35. The molecule has 0 aromatic heterocycles. The summed E-state index contributed by atoms with van der Waals surface area (Å²) in [6.45, 7) is 7.15. The van der Waals surface area contributed by atoms with E-state index in [9.17, 15) is 9.90 Å². The first kappa shape index (κ1) is 20.2. The third-order valence-electron chi connectivity index (χ3n) is 5.18. The van der Waals surface area contributed by atoms with Crippen molar-refractivity contribution in [3.8, 4) is 11.5 Å². The number of benzene rings is 2. The van der Waals surface area contributed by atoms with E-state index in [1.807, 2.05) is 30.3 Å². The van der Waals surface area contributed by atoms with E-state index in [-0.39, 0.29) is 23.3 Å². The number of rotatable bonds is 7. The van der Waals surface area contributed by atoms with Crippen molar-refractivity contribution in [2.24, 2.45) is 0 Å². The minimum absolute atomic E-state index is 0.0446. The van der Waals surface area contributed by atoms with Crippen molar-refractivity contribution in [2.75, 3.05) is 39.8 Å². The fourth-order valence-electron chi connectivity index (χ4n) is 3.26. The average molecular weight is 383 g/mol. The Kier molecular flexibility index (Phi) is 6.90. The van der Waals surface area contributed by atoms with Crippen LogP contribution in [0.1, 0.15) is 22.8 Å². The van der Waals surface area contributed by atoms with Crippen LogP contribution >= 0.6 is 0 Å². The molecule has 1 aliphatic heterocycles. The van der Waals surface area contributed by atoms with E-state index < -0.39 is 0 Å². The van der Waals surface area contributed by atoms with Gasteiger partial charge >= 0.3 is 0 Å². The first-order valence-electron chi connectivity index (χ1n) is 9.73. The molecule has 150 valence electrons.